The molecule has 18 heavy (non-hydrogen) atoms. The van der Waals surface area contributed by atoms with Gasteiger partial charge in [0.1, 0.15) is 11.6 Å². The number of benzene rings is 1. The Morgan fingerprint density at radius 2 is 2.00 bits per heavy atom. The molecule has 0 spiro atoms. The van der Waals surface area contributed by atoms with Crippen molar-refractivity contribution in [2.75, 3.05) is 0 Å². The van der Waals surface area contributed by atoms with Gasteiger partial charge in [0.05, 0.1) is 6.10 Å². The van der Waals surface area contributed by atoms with Crippen LogP contribution >= 0.6 is 0 Å². The highest BCUT2D eigenvalue weighted by molar-refractivity contribution is 5.22. The molecular weight excluding hydrogens is 234 g/mol. The minimum absolute atomic E-state index is 0.220. The molecule has 0 aliphatic heterocycles. The van der Waals surface area contributed by atoms with E-state index >= 15 is 0 Å². The van der Waals surface area contributed by atoms with Gasteiger partial charge < -0.3 is 5.11 Å². The summed E-state index contributed by atoms with van der Waals surface area (Å²) in [6.07, 6.45) is 6.91. The molecule has 0 radical (unpaired) electrons. The fourth-order valence-electron chi connectivity index (χ4n) is 2.37. The zero-order chi connectivity index (χ0) is 13.0. The van der Waals surface area contributed by atoms with E-state index in [9.17, 15) is 13.9 Å². The highest BCUT2D eigenvalue weighted by Crippen LogP contribution is 2.22. The molecule has 2 rings (SSSR count). The summed E-state index contributed by atoms with van der Waals surface area (Å²) >= 11 is 0. The van der Waals surface area contributed by atoms with E-state index in [0.29, 0.717) is 5.56 Å². The van der Waals surface area contributed by atoms with Crippen molar-refractivity contribution in [1.29, 1.82) is 0 Å². The second-order valence-electron chi connectivity index (χ2n) is 4.83. The normalized spacial score (nSPS) is 18.1. The number of hydrogen-bond acceptors (Lipinski definition) is 1. The van der Waals surface area contributed by atoms with Crippen molar-refractivity contribution < 1.29 is 13.9 Å². The van der Waals surface area contributed by atoms with Gasteiger partial charge in [-0.2, -0.15) is 0 Å². The van der Waals surface area contributed by atoms with E-state index in [-0.39, 0.29) is 6.42 Å². The number of aliphatic hydroxyl groups is 1. The molecule has 0 amide bonds. The van der Waals surface area contributed by atoms with Crippen molar-refractivity contribution in [2.24, 2.45) is 0 Å². The Labute approximate surface area is 106 Å². The van der Waals surface area contributed by atoms with Gasteiger partial charge in [-0.3, -0.25) is 0 Å². The Kier molecular flexibility index (Phi) is 4.48. The maximum absolute atomic E-state index is 13.5. The summed E-state index contributed by atoms with van der Waals surface area (Å²) in [7, 11) is 0. The zero-order valence-electron chi connectivity index (χ0n) is 10.3. The number of hydrogen-bond donors (Lipinski definition) is 1. The summed E-state index contributed by atoms with van der Waals surface area (Å²) in [4.78, 5) is 0. The average molecular weight is 252 g/mol. The molecule has 98 valence electrons. The summed E-state index contributed by atoms with van der Waals surface area (Å²) in [5.74, 6) is -1.16. The molecule has 0 heterocycles. The van der Waals surface area contributed by atoms with E-state index in [1.54, 1.807) is 0 Å². The monoisotopic (exact) mass is 252 g/mol. The average Bonchev–Trinajstić information content (AvgIpc) is 2.61. The van der Waals surface area contributed by atoms with Gasteiger partial charge in [-0.05, 0) is 42.9 Å². The Bertz CT molecular complexity index is 440. The van der Waals surface area contributed by atoms with Crippen LogP contribution in [0.25, 0.3) is 0 Å². The van der Waals surface area contributed by atoms with Gasteiger partial charge in [0.2, 0.25) is 0 Å². The van der Waals surface area contributed by atoms with Crippen molar-refractivity contribution >= 4 is 0 Å². The van der Waals surface area contributed by atoms with Crippen LogP contribution < -0.4 is 0 Å². The lowest BCUT2D eigenvalue weighted by atomic mass is 9.98. The predicted octanol–water partition coefficient (Wildman–Crippen LogP) is 3.76. The van der Waals surface area contributed by atoms with Crippen LogP contribution in [-0.2, 0) is 6.42 Å². The molecule has 1 aliphatic rings. The van der Waals surface area contributed by atoms with E-state index < -0.39 is 17.7 Å². The largest absolute Gasteiger partial charge is 0.388 e. The van der Waals surface area contributed by atoms with Gasteiger partial charge in [0.25, 0.3) is 0 Å². The smallest absolute Gasteiger partial charge is 0.129 e. The van der Waals surface area contributed by atoms with Gasteiger partial charge in [0.15, 0.2) is 0 Å². The van der Waals surface area contributed by atoms with Crippen molar-refractivity contribution in [3.8, 4) is 0 Å². The number of aliphatic hydroxyl groups excluding tert-OH is 1. The van der Waals surface area contributed by atoms with Gasteiger partial charge in [0, 0.05) is 12.5 Å². The van der Waals surface area contributed by atoms with Crippen molar-refractivity contribution in [3.05, 3.63) is 47.0 Å². The fourth-order valence-corrected chi connectivity index (χ4v) is 2.37. The zero-order valence-corrected chi connectivity index (χ0v) is 10.3. The van der Waals surface area contributed by atoms with Crippen LogP contribution in [0, 0.1) is 11.6 Å². The maximum atomic E-state index is 13.5. The lowest BCUT2D eigenvalue weighted by Crippen LogP contribution is -2.14. The summed E-state index contributed by atoms with van der Waals surface area (Å²) in [5.41, 5.74) is 1.37. The Hall–Kier alpha value is -1.22. The molecule has 1 aliphatic carbocycles. The third kappa shape index (κ3) is 3.39. The lowest BCUT2D eigenvalue weighted by Gasteiger charge is -2.14. The van der Waals surface area contributed by atoms with Crippen molar-refractivity contribution in [1.82, 2.24) is 0 Å². The molecule has 0 aromatic heterocycles. The van der Waals surface area contributed by atoms with E-state index in [0.717, 1.165) is 37.3 Å². The summed E-state index contributed by atoms with van der Waals surface area (Å²) in [5, 5.41) is 10.1. The van der Waals surface area contributed by atoms with Crippen molar-refractivity contribution in [2.45, 2.75) is 44.6 Å². The topological polar surface area (TPSA) is 20.2 Å². The van der Waals surface area contributed by atoms with Gasteiger partial charge in [-0.25, -0.2) is 8.78 Å². The first kappa shape index (κ1) is 13.2. The van der Waals surface area contributed by atoms with Crippen LogP contribution in [0.15, 0.2) is 29.8 Å². The Morgan fingerprint density at radius 1 is 1.17 bits per heavy atom. The van der Waals surface area contributed by atoms with Crippen LogP contribution in [0.1, 0.15) is 37.7 Å². The summed E-state index contributed by atoms with van der Waals surface area (Å²) in [6.45, 7) is 0. The predicted molar refractivity (Wildman–Crippen MR) is 67.2 cm³/mol. The molecule has 1 nitrogen and oxygen atoms in total. The van der Waals surface area contributed by atoms with Crippen molar-refractivity contribution in [3.63, 3.8) is 0 Å². The standard InChI is InChI=1S/C15H18F2O/c16-13-8-7-12(14(17)10-13)9-15(18)11-5-3-1-2-4-6-11/h5,7-8,10,15,18H,1-4,6,9H2. The third-order valence-electron chi connectivity index (χ3n) is 3.43. The quantitative estimate of drug-likeness (QED) is 0.812. The second kappa shape index (κ2) is 6.10. The molecule has 1 aromatic rings. The SMILES string of the molecule is OC(Cc1ccc(F)cc1F)C1=CCCCCC1. The van der Waals surface area contributed by atoms with Crippen LogP contribution in [0.4, 0.5) is 8.78 Å². The molecule has 0 saturated heterocycles. The molecule has 1 aromatic carbocycles. The number of allylic oxidation sites excluding steroid dienone is 1. The number of halogens is 2. The van der Waals surface area contributed by atoms with Crippen LogP contribution in [0.3, 0.4) is 0 Å². The minimum Gasteiger partial charge on any atom is -0.388 e. The van der Waals surface area contributed by atoms with Crippen LogP contribution in [0.5, 0.6) is 0 Å². The van der Waals surface area contributed by atoms with Gasteiger partial charge >= 0.3 is 0 Å². The second-order valence-corrected chi connectivity index (χ2v) is 4.83. The minimum atomic E-state index is -0.650. The van der Waals surface area contributed by atoms with E-state index in [2.05, 4.69) is 6.08 Å². The fraction of sp³-hybridized carbons (Fsp3) is 0.467. The van der Waals surface area contributed by atoms with Gasteiger partial charge in [-0.1, -0.05) is 18.6 Å². The third-order valence-corrected chi connectivity index (χ3v) is 3.43. The highest BCUT2D eigenvalue weighted by atomic mass is 19.1. The lowest BCUT2D eigenvalue weighted by molar-refractivity contribution is 0.205. The maximum Gasteiger partial charge on any atom is 0.129 e. The first-order valence-corrected chi connectivity index (χ1v) is 6.48. The van der Waals surface area contributed by atoms with Crippen LogP contribution in [-0.4, -0.2) is 11.2 Å². The molecule has 3 heteroatoms. The Balaban J connectivity index is 2.05. The highest BCUT2D eigenvalue weighted by Gasteiger charge is 2.15. The van der Waals surface area contributed by atoms with E-state index in [1.165, 1.54) is 18.6 Å². The molecule has 0 bridgehead atoms. The molecule has 1 atom stereocenters. The molecular formula is C15H18F2O. The van der Waals surface area contributed by atoms with Crippen LogP contribution in [0.2, 0.25) is 0 Å². The first-order valence-electron chi connectivity index (χ1n) is 6.48. The summed E-state index contributed by atoms with van der Waals surface area (Å²) in [6, 6.07) is 3.50. The molecule has 0 fully saturated rings. The molecule has 1 unspecified atom stereocenters. The molecule has 1 N–H and O–H groups in total. The molecule has 0 saturated carbocycles. The van der Waals surface area contributed by atoms with E-state index in [1.807, 2.05) is 0 Å². The van der Waals surface area contributed by atoms with E-state index in [4.69, 9.17) is 0 Å². The van der Waals surface area contributed by atoms with Gasteiger partial charge in [-0.15, -0.1) is 0 Å². The number of rotatable bonds is 3. The Morgan fingerprint density at radius 3 is 2.78 bits per heavy atom. The first-order chi connectivity index (χ1) is 8.66. The summed E-state index contributed by atoms with van der Waals surface area (Å²) < 4.78 is 26.3.